The van der Waals surface area contributed by atoms with Crippen molar-refractivity contribution in [3.8, 4) is 0 Å². The first-order chi connectivity index (χ1) is 5.61. The van der Waals surface area contributed by atoms with Crippen LogP contribution in [-0.2, 0) is 19.1 Å². The van der Waals surface area contributed by atoms with Gasteiger partial charge in [-0.1, -0.05) is 15.9 Å². The fraction of sp³-hybridized carbons (Fsp3) is 0.714. The monoisotopic (exact) mass is 238 g/mol. The molecule has 0 aromatic carbocycles. The zero-order valence-electron chi connectivity index (χ0n) is 7.00. The first-order valence-corrected chi connectivity index (χ1v) is 4.66. The van der Waals surface area contributed by atoms with E-state index in [2.05, 4.69) is 25.4 Å². The second-order valence-corrected chi connectivity index (χ2v) is 2.58. The zero-order chi connectivity index (χ0) is 9.56. The minimum atomic E-state index is -0.824. The average Bonchev–Trinajstić information content (AvgIpc) is 2.04. The molecule has 0 bridgehead atoms. The Morgan fingerprint density at radius 2 is 2.08 bits per heavy atom. The van der Waals surface area contributed by atoms with Crippen molar-refractivity contribution in [2.24, 2.45) is 0 Å². The van der Waals surface area contributed by atoms with E-state index in [0.29, 0.717) is 0 Å². The molecule has 0 rings (SSSR count). The van der Waals surface area contributed by atoms with Crippen molar-refractivity contribution in [2.75, 3.05) is 11.9 Å². The van der Waals surface area contributed by atoms with Crippen molar-refractivity contribution in [3.05, 3.63) is 0 Å². The highest BCUT2D eigenvalue weighted by Crippen LogP contribution is 1.96. The smallest absolute Gasteiger partial charge is 0.347 e. The van der Waals surface area contributed by atoms with E-state index in [9.17, 15) is 9.59 Å². The lowest BCUT2D eigenvalue weighted by molar-refractivity contribution is -0.164. The summed E-state index contributed by atoms with van der Waals surface area (Å²) in [6.07, 6.45) is -0.824. The standard InChI is InChI=1S/C7H11BrO4/c1-3-11-7(10)5(2)12-6(9)4-8/h5H,3-4H2,1-2H3/t5-/m0/s1. The molecular formula is C7H11BrO4. The van der Waals surface area contributed by atoms with Crippen LogP contribution >= 0.6 is 15.9 Å². The minimum Gasteiger partial charge on any atom is -0.463 e. The van der Waals surface area contributed by atoms with E-state index in [0.717, 1.165) is 0 Å². The Kier molecular flexibility index (Phi) is 5.70. The molecule has 12 heavy (non-hydrogen) atoms. The fourth-order valence-electron chi connectivity index (χ4n) is 0.536. The van der Waals surface area contributed by atoms with E-state index in [1.54, 1.807) is 6.92 Å². The lowest BCUT2D eigenvalue weighted by Gasteiger charge is -2.10. The highest BCUT2D eigenvalue weighted by atomic mass is 79.9. The molecule has 0 fully saturated rings. The maximum atomic E-state index is 10.9. The highest BCUT2D eigenvalue weighted by Gasteiger charge is 2.17. The number of carbonyl (C=O) groups is 2. The van der Waals surface area contributed by atoms with Crippen molar-refractivity contribution in [2.45, 2.75) is 20.0 Å². The van der Waals surface area contributed by atoms with Gasteiger partial charge in [-0.3, -0.25) is 4.79 Å². The van der Waals surface area contributed by atoms with E-state index in [-0.39, 0.29) is 11.9 Å². The Morgan fingerprint density at radius 1 is 1.50 bits per heavy atom. The summed E-state index contributed by atoms with van der Waals surface area (Å²) in [7, 11) is 0. The molecule has 0 unspecified atom stereocenters. The molecule has 5 heteroatoms. The van der Waals surface area contributed by atoms with Crippen LogP contribution in [0.5, 0.6) is 0 Å². The van der Waals surface area contributed by atoms with Gasteiger partial charge >= 0.3 is 11.9 Å². The average molecular weight is 239 g/mol. The molecule has 0 amide bonds. The third-order valence-corrected chi connectivity index (χ3v) is 1.49. The molecular weight excluding hydrogens is 228 g/mol. The summed E-state index contributed by atoms with van der Waals surface area (Å²) >= 11 is 2.90. The molecule has 0 heterocycles. The van der Waals surface area contributed by atoms with Gasteiger partial charge in [0, 0.05) is 0 Å². The Morgan fingerprint density at radius 3 is 2.50 bits per heavy atom. The maximum absolute atomic E-state index is 10.9. The van der Waals surface area contributed by atoms with Crippen molar-refractivity contribution in [1.82, 2.24) is 0 Å². The van der Waals surface area contributed by atoms with E-state index in [1.165, 1.54) is 6.92 Å². The van der Waals surface area contributed by atoms with Crippen LogP contribution in [-0.4, -0.2) is 30.0 Å². The number of rotatable bonds is 4. The Hall–Kier alpha value is -0.580. The van der Waals surface area contributed by atoms with E-state index < -0.39 is 18.0 Å². The van der Waals surface area contributed by atoms with Crippen LogP contribution in [0.25, 0.3) is 0 Å². The SMILES string of the molecule is CCOC(=O)[C@H](C)OC(=O)CBr. The summed E-state index contributed by atoms with van der Waals surface area (Å²) in [5.41, 5.74) is 0. The van der Waals surface area contributed by atoms with Crippen LogP contribution < -0.4 is 0 Å². The van der Waals surface area contributed by atoms with E-state index in [1.807, 2.05) is 0 Å². The maximum Gasteiger partial charge on any atom is 0.347 e. The molecule has 0 spiro atoms. The summed E-state index contributed by atoms with van der Waals surface area (Å²) < 4.78 is 9.27. The molecule has 1 atom stereocenters. The number of halogens is 1. The van der Waals surface area contributed by atoms with Crippen molar-refractivity contribution >= 4 is 27.9 Å². The van der Waals surface area contributed by atoms with Gasteiger partial charge in [0.25, 0.3) is 0 Å². The summed E-state index contributed by atoms with van der Waals surface area (Å²) in [6, 6.07) is 0. The molecule has 4 nitrogen and oxygen atoms in total. The molecule has 0 N–H and O–H groups in total. The summed E-state index contributed by atoms with van der Waals surface area (Å²) in [5, 5.41) is 0.0801. The molecule has 0 radical (unpaired) electrons. The Balaban J connectivity index is 3.78. The molecule has 0 aromatic rings. The molecule has 0 saturated heterocycles. The lowest BCUT2D eigenvalue weighted by Crippen LogP contribution is -2.26. The van der Waals surface area contributed by atoms with Crippen molar-refractivity contribution in [3.63, 3.8) is 0 Å². The first-order valence-electron chi connectivity index (χ1n) is 3.53. The van der Waals surface area contributed by atoms with Crippen LogP contribution in [0.4, 0.5) is 0 Å². The van der Waals surface area contributed by atoms with Crippen LogP contribution in [0.3, 0.4) is 0 Å². The number of carbonyl (C=O) groups excluding carboxylic acids is 2. The van der Waals surface area contributed by atoms with E-state index >= 15 is 0 Å². The molecule has 0 aromatic heterocycles. The number of hydrogen-bond acceptors (Lipinski definition) is 4. The molecule has 0 saturated carbocycles. The van der Waals surface area contributed by atoms with Gasteiger partial charge < -0.3 is 9.47 Å². The van der Waals surface area contributed by atoms with Gasteiger partial charge in [-0.15, -0.1) is 0 Å². The second-order valence-electron chi connectivity index (χ2n) is 2.02. The van der Waals surface area contributed by atoms with Gasteiger partial charge in [0.2, 0.25) is 0 Å². The summed E-state index contributed by atoms with van der Waals surface area (Å²) in [6.45, 7) is 3.45. The van der Waals surface area contributed by atoms with Crippen molar-refractivity contribution < 1.29 is 19.1 Å². The van der Waals surface area contributed by atoms with Gasteiger partial charge in [-0.2, -0.15) is 0 Å². The predicted octanol–water partition coefficient (Wildman–Crippen LogP) is 0.876. The molecule has 0 aliphatic carbocycles. The molecule has 0 aliphatic rings. The number of ether oxygens (including phenoxy) is 2. The van der Waals surface area contributed by atoms with Crippen LogP contribution in [0.2, 0.25) is 0 Å². The quantitative estimate of drug-likeness (QED) is 0.539. The van der Waals surface area contributed by atoms with Gasteiger partial charge in [0.1, 0.15) is 5.33 Å². The van der Waals surface area contributed by atoms with Crippen molar-refractivity contribution in [1.29, 1.82) is 0 Å². The molecule has 70 valence electrons. The van der Waals surface area contributed by atoms with Crippen LogP contribution in [0.15, 0.2) is 0 Å². The normalized spacial score (nSPS) is 11.9. The Bertz CT molecular complexity index is 169. The number of hydrogen-bond donors (Lipinski definition) is 0. The third kappa shape index (κ3) is 4.33. The van der Waals surface area contributed by atoms with Gasteiger partial charge in [-0.05, 0) is 13.8 Å². The zero-order valence-corrected chi connectivity index (χ0v) is 8.59. The highest BCUT2D eigenvalue weighted by molar-refractivity contribution is 9.09. The Labute approximate surface area is 79.3 Å². The summed E-state index contributed by atoms with van der Waals surface area (Å²) in [5.74, 6) is -0.998. The summed E-state index contributed by atoms with van der Waals surface area (Å²) in [4.78, 5) is 21.5. The first kappa shape index (κ1) is 11.4. The van der Waals surface area contributed by atoms with Crippen LogP contribution in [0, 0.1) is 0 Å². The molecule has 0 aliphatic heterocycles. The largest absolute Gasteiger partial charge is 0.463 e. The van der Waals surface area contributed by atoms with Gasteiger partial charge in [0.15, 0.2) is 6.10 Å². The van der Waals surface area contributed by atoms with E-state index in [4.69, 9.17) is 0 Å². The predicted molar refractivity (Wildman–Crippen MR) is 46.0 cm³/mol. The fourth-order valence-corrected chi connectivity index (χ4v) is 0.669. The number of esters is 2. The van der Waals surface area contributed by atoms with Gasteiger partial charge in [-0.25, -0.2) is 4.79 Å². The second kappa shape index (κ2) is 5.99. The minimum absolute atomic E-state index is 0.0801. The topological polar surface area (TPSA) is 52.6 Å². The number of alkyl halides is 1. The lowest BCUT2D eigenvalue weighted by atomic mass is 10.4. The van der Waals surface area contributed by atoms with Crippen LogP contribution in [0.1, 0.15) is 13.8 Å². The van der Waals surface area contributed by atoms with Gasteiger partial charge in [0.05, 0.1) is 6.61 Å². The third-order valence-electron chi connectivity index (χ3n) is 1.04.